The minimum absolute atomic E-state index is 0.0478. The molecule has 8 heteroatoms. The highest BCUT2D eigenvalue weighted by Gasteiger charge is 2.45. The van der Waals surface area contributed by atoms with Crippen molar-refractivity contribution in [3.8, 4) is 5.75 Å². The van der Waals surface area contributed by atoms with Crippen LogP contribution in [0.4, 0.5) is 5.69 Å². The molecule has 154 valence electrons. The number of fused-ring (bicyclic) bond motifs is 2. The van der Waals surface area contributed by atoms with Gasteiger partial charge in [-0.1, -0.05) is 0 Å². The highest BCUT2D eigenvalue weighted by Crippen LogP contribution is 2.39. The van der Waals surface area contributed by atoms with Crippen molar-refractivity contribution in [2.24, 2.45) is 11.8 Å². The highest BCUT2D eigenvalue weighted by molar-refractivity contribution is 5.82. The molecule has 1 aromatic rings. The van der Waals surface area contributed by atoms with Gasteiger partial charge < -0.3 is 31.0 Å². The predicted molar refractivity (Wildman–Crippen MR) is 101 cm³/mol. The number of carbonyl (C=O) groups is 1. The number of nitrogens with one attached hydrogen (secondary N) is 2. The molecule has 0 spiro atoms. The van der Waals surface area contributed by atoms with Crippen molar-refractivity contribution >= 4 is 11.5 Å². The normalized spacial score (nSPS) is 37.9. The maximum atomic E-state index is 12.3. The molecule has 0 radical (unpaired) electrons. The monoisotopic (exact) mass is 392 g/mol. The van der Waals surface area contributed by atoms with Crippen LogP contribution >= 0.6 is 0 Å². The SMILES string of the molecule is O=C1CCC(NNc2ccc(O)c3c2CC(O)C(O)C3)C2CC(O)C(O)CC12. The summed E-state index contributed by atoms with van der Waals surface area (Å²) in [5, 5.41) is 50.0. The van der Waals surface area contributed by atoms with E-state index in [-0.39, 0.29) is 42.3 Å². The van der Waals surface area contributed by atoms with E-state index in [0.29, 0.717) is 36.9 Å². The number of aliphatic hydroxyl groups excluding tert-OH is 4. The van der Waals surface area contributed by atoms with Crippen molar-refractivity contribution < 1.29 is 30.3 Å². The Hall–Kier alpha value is -1.71. The number of hydrazine groups is 1. The second kappa shape index (κ2) is 7.61. The quantitative estimate of drug-likeness (QED) is 0.272. The number of ketones is 1. The summed E-state index contributed by atoms with van der Waals surface area (Å²) in [5.41, 5.74) is 8.53. The summed E-state index contributed by atoms with van der Waals surface area (Å²) >= 11 is 0. The minimum Gasteiger partial charge on any atom is -0.508 e. The Morgan fingerprint density at radius 1 is 0.893 bits per heavy atom. The Balaban J connectivity index is 1.50. The molecule has 7 atom stereocenters. The van der Waals surface area contributed by atoms with Gasteiger partial charge >= 0.3 is 0 Å². The first-order valence-corrected chi connectivity index (χ1v) is 9.95. The summed E-state index contributed by atoms with van der Waals surface area (Å²) in [6.45, 7) is 0. The van der Waals surface area contributed by atoms with E-state index in [9.17, 15) is 30.3 Å². The molecular formula is C20H28N2O6. The van der Waals surface area contributed by atoms with Crippen molar-refractivity contribution in [1.29, 1.82) is 0 Å². The first kappa shape index (κ1) is 19.6. The molecule has 0 aromatic heterocycles. The van der Waals surface area contributed by atoms with Crippen LogP contribution in [-0.4, -0.2) is 61.8 Å². The maximum absolute atomic E-state index is 12.3. The van der Waals surface area contributed by atoms with Gasteiger partial charge in [-0.15, -0.1) is 0 Å². The van der Waals surface area contributed by atoms with Gasteiger partial charge in [-0.05, 0) is 42.9 Å². The molecule has 8 nitrogen and oxygen atoms in total. The molecule has 0 bridgehead atoms. The van der Waals surface area contributed by atoms with Gasteiger partial charge in [0.2, 0.25) is 0 Å². The van der Waals surface area contributed by atoms with Crippen LogP contribution in [-0.2, 0) is 17.6 Å². The second-order valence-corrected chi connectivity index (χ2v) is 8.39. The molecular weight excluding hydrogens is 364 g/mol. The van der Waals surface area contributed by atoms with Gasteiger partial charge in [-0.2, -0.15) is 0 Å². The third-order valence-corrected chi connectivity index (χ3v) is 6.67. The van der Waals surface area contributed by atoms with Crippen molar-refractivity contribution in [3.63, 3.8) is 0 Å². The molecule has 2 saturated carbocycles. The van der Waals surface area contributed by atoms with Crippen LogP contribution < -0.4 is 10.9 Å². The van der Waals surface area contributed by atoms with Crippen LogP contribution in [0.1, 0.15) is 36.8 Å². The van der Waals surface area contributed by atoms with Gasteiger partial charge in [0, 0.05) is 36.8 Å². The standard InChI is InChI=1S/C20H28N2O6/c23-15-3-1-13(9-5-17(25)19(27)7-11(9)15)21-22-14-2-4-16(24)12-8-20(28)18(26)6-10(12)14/h1,3,10,12,14,17-23,25-28H,2,4-8H2. The zero-order chi connectivity index (χ0) is 20.0. The van der Waals surface area contributed by atoms with Crippen LogP contribution in [0.15, 0.2) is 12.1 Å². The van der Waals surface area contributed by atoms with Gasteiger partial charge in [0.25, 0.3) is 0 Å². The summed E-state index contributed by atoms with van der Waals surface area (Å²) in [4.78, 5) is 12.3. The molecule has 28 heavy (non-hydrogen) atoms. The van der Waals surface area contributed by atoms with Gasteiger partial charge in [0.05, 0.1) is 30.1 Å². The zero-order valence-electron chi connectivity index (χ0n) is 15.6. The molecule has 4 rings (SSSR count). The number of anilines is 1. The molecule has 0 saturated heterocycles. The van der Waals surface area contributed by atoms with Crippen LogP contribution in [0.2, 0.25) is 0 Å². The summed E-state index contributed by atoms with van der Waals surface area (Å²) in [6.07, 6.45) is -1.32. The van der Waals surface area contributed by atoms with Crippen molar-refractivity contribution in [1.82, 2.24) is 5.43 Å². The molecule has 3 aliphatic rings. The lowest BCUT2D eigenvalue weighted by Gasteiger charge is -2.44. The van der Waals surface area contributed by atoms with Gasteiger partial charge in [0.15, 0.2) is 0 Å². The summed E-state index contributed by atoms with van der Waals surface area (Å²) in [6, 6.07) is 3.23. The first-order chi connectivity index (χ1) is 13.3. The van der Waals surface area contributed by atoms with Gasteiger partial charge in [0.1, 0.15) is 11.5 Å². The Morgan fingerprint density at radius 3 is 2.32 bits per heavy atom. The summed E-state index contributed by atoms with van der Waals surface area (Å²) in [7, 11) is 0. The molecule has 2 fully saturated rings. The van der Waals surface area contributed by atoms with Crippen LogP contribution in [0.5, 0.6) is 5.75 Å². The molecule has 0 aliphatic heterocycles. The van der Waals surface area contributed by atoms with E-state index in [2.05, 4.69) is 10.9 Å². The number of phenols is 1. The average Bonchev–Trinajstić information content (AvgIpc) is 2.66. The smallest absolute Gasteiger partial charge is 0.136 e. The van der Waals surface area contributed by atoms with Gasteiger partial charge in [-0.3, -0.25) is 4.79 Å². The van der Waals surface area contributed by atoms with E-state index >= 15 is 0 Å². The Bertz CT molecular complexity index is 756. The van der Waals surface area contributed by atoms with E-state index in [0.717, 1.165) is 5.56 Å². The number of phenolic OH excluding ortho intramolecular Hbond substituents is 1. The zero-order valence-corrected chi connectivity index (χ0v) is 15.6. The van der Waals surface area contributed by atoms with E-state index in [1.54, 1.807) is 12.1 Å². The molecule has 7 N–H and O–H groups in total. The maximum Gasteiger partial charge on any atom is 0.136 e. The number of rotatable bonds is 3. The number of aromatic hydroxyl groups is 1. The number of carbonyl (C=O) groups excluding carboxylic acids is 1. The average molecular weight is 392 g/mol. The van der Waals surface area contributed by atoms with Crippen molar-refractivity contribution in [3.05, 3.63) is 23.3 Å². The number of benzene rings is 1. The first-order valence-electron chi connectivity index (χ1n) is 9.95. The fraction of sp³-hybridized carbons (Fsp3) is 0.650. The molecule has 0 heterocycles. The molecule has 0 amide bonds. The van der Waals surface area contributed by atoms with E-state index in [4.69, 9.17) is 0 Å². The lowest BCUT2D eigenvalue weighted by molar-refractivity contribution is -0.136. The Morgan fingerprint density at radius 2 is 1.57 bits per heavy atom. The Kier molecular flexibility index (Phi) is 5.32. The number of aliphatic hydroxyl groups is 4. The molecule has 3 aliphatic carbocycles. The summed E-state index contributed by atoms with van der Waals surface area (Å²) < 4.78 is 0. The van der Waals surface area contributed by atoms with Crippen LogP contribution in [0.25, 0.3) is 0 Å². The van der Waals surface area contributed by atoms with E-state index in [1.165, 1.54) is 0 Å². The predicted octanol–water partition coefficient (Wildman–Crippen LogP) is -0.391. The third kappa shape index (κ3) is 3.51. The fourth-order valence-electron chi connectivity index (χ4n) is 5.00. The highest BCUT2D eigenvalue weighted by atomic mass is 16.3. The lowest BCUT2D eigenvalue weighted by Crippen LogP contribution is -2.54. The largest absolute Gasteiger partial charge is 0.508 e. The van der Waals surface area contributed by atoms with E-state index in [1.807, 2.05) is 0 Å². The van der Waals surface area contributed by atoms with Crippen LogP contribution in [0, 0.1) is 11.8 Å². The number of hydrogen-bond acceptors (Lipinski definition) is 8. The minimum atomic E-state index is -0.901. The van der Waals surface area contributed by atoms with Crippen LogP contribution in [0.3, 0.4) is 0 Å². The topological polar surface area (TPSA) is 142 Å². The lowest BCUT2D eigenvalue weighted by atomic mass is 9.66. The second-order valence-electron chi connectivity index (χ2n) is 8.39. The Labute approximate surface area is 163 Å². The molecule has 1 aromatic carbocycles. The van der Waals surface area contributed by atoms with E-state index < -0.39 is 24.4 Å². The number of Topliss-reactive ketones (excluding diaryl/α,β-unsaturated/α-hetero) is 1. The van der Waals surface area contributed by atoms with Gasteiger partial charge in [-0.25, -0.2) is 5.43 Å². The molecule has 7 unspecified atom stereocenters. The fourth-order valence-corrected chi connectivity index (χ4v) is 5.00. The van der Waals surface area contributed by atoms with Crippen molar-refractivity contribution in [2.75, 3.05) is 5.43 Å². The number of hydrogen-bond donors (Lipinski definition) is 7. The summed E-state index contributed by atoms with van der Waals surface area (Å²) in [5.74, 6) is -0.0722. The van der Waals surface area contributed by atoms with Crippen molar-refractivity contribution in [2.45, 2.75) is 69.0 Å². The third-order valence-electron chi connectivity index (χ3n) is 6.67.